The van der Waals surface area contributed by atoms with Gasteiger partial charge < -0.3 is 5.73 Å². The molecular formula is C13H16N4OS. The Hall–Kier alpha value is -1.95. The Morgan fingerprint density at radius 2 is 2.05 bits per heavy atom. The Labute approximate surface area is 115 Å². The molecule has 0 aliphatic heterocycles. The summed E-state index contributed by atoms with van der Waals surface area (Å²) in [4.78, 5) is 20.3. The van der Waals surface area contributed by atoms with Crippen molar-refractivity contribution in [2.45, 2.75) is 26.2 Å². The summed E-state index contributed by atoms with van der Waals surface area (Å²) in [7, 11) is 0. The van der Waals surface area contributed by atoms with Crippen LogP contribution in [0.25, 0.3) is 0 Å². The molecule has 0 aliphatic rings. The van der Waals surface area contributed by atoms with Crippen molar-refractivity contribution in [2.24, 2.45) is 0 Å². The second kappa shape index (κ2) is 4.97. The van der Waals surface area contributed by atoms with Crippen LogP contribution in [0, 0.1) is 0 Å². The number of aromatic nitrogens is 2. The van der Waals surface area contributed by atoms with Crippen molar-refractivity contribution in [3.05, 3.63) is 35.0 Å². The quantitative estimate of drug-likeness (QED) is 0.883. The topological polar surface area (TPSA) is 80.9 Å². The molecule has 0 saturated carbocycles. The van der Waals surface area contributed by atoms with Crippen LogP contribution in [0.1, 0.15) is 37.0 Å². The van der Waals surface area contributed by atoms with Crippen LogP contribution in [0.3, 0.4) is 0 Å². The molecule has 0 saturated heterocycles. The lowest BCUT2D eigenvalue weighted by atomic mass is 9.93. The van der Waals surface area contributed by atoms with E-state index in [9.17, 15) is 4.79 Å². The molecule has 6 heteroatoms. The Morgan fingerprint density at radius 1 is 1.32 bits per heavy atom. The van der Waals surface area contributed by atoms with Crippen LogP contribution >= 0.6 is 11.3 Å². The maximum atomic E-state index is 12.0. The average molecular weight is 276 g/mol. The first-order valence-corrected chi connectivity index (χ1v) is 6.74. The molecule has 2 heterocycles. The molecule has 100 valence electrons. The van der Waals surface area contributed by atoms with Gasteiger partial charge in [0.25, 0.3) is 5.91 Å². The zero-order valence-corrected chi connectivity index (χ0v) is 11.9. The van der Waals surface area contributed by atoms with Gasteiger partial charge in [-0.25, -0.2) is 9.97 Å². The van der Waals surface area contributed by atoms with Crippen LogP contribution in [-0.4, -0.2) is 15.9 Å². The number of rotatable bonds is 2. The van der Waals surface area contributed by atoms with Crippen LogP contribution in [0.4, 0.5) is 10.9 Å². The first-order valence-electron chi connectivity index (χ1n) is 5.86. The van der Waals surface area contributed by atoms with E-state index in [0.717, 1.165) is 5.69 Å². The third kappa shape index (κ3) is 3.29. The molecule has 3 N–H and O–H groups in total. The van der Waals surface area contributed by atoms with Crippen LogP contribution in [0.5, 0.6) is 0 Å². The molecule has 2 rings (SSSR count). The number of pyridine rings is 1. The first-order chi connectivity index (χ1) is 8.86. The standard InChI is InChI=1S/C13H16N4OS/c1-13(2,3)9-7-19-12(16-9)17-11(18)8-5-4-6-10(14)15-8/h4-7H,1-3H3,(H2,14,15)(H,16,17,18). The molecule has 0 aromatic carbocycles. The van der Waals surface area contributed by atoms with E-state index < -0.39 is 0 Å². The van der Waals surface area contributed by atoms with Crippen LogP contribution in [0.2, 0.25) is 0 Å². The van der Waals surface area contributed by atoms with Crippen LogP contribution in [0.15, 0.2) is 23.6 Å². The third-order valence-electron chi connectivity index (χ3n) is 2.50. The summed E-state index contributed by atoms with van der Waals surface area (Å²) in [5, 5.41) is 5.24. The number of hydrogen-bond acceptors (Lipinski definition) is 5. The maximum Gasteiger partial charge on any atom is 0.276 e. The largest absolute Gasteiger partial charge is 0.384 e. The van der Waals surface area contributed by atoms with Gasteiger partial charge >= 0.3 is 0 Å². The number of nitrogens with two attached hydrogens (primary N) is 1. The Balaban J connectivity index is 2.13. The highest BCUT2D eigenvalue weighted by molar-refractivity contribution is 7.14. The summed E-state index contributed by atoms with van der Waals surface area (Å²) >= 11 is 1.40. The summed E-state index contributed by atoms with van der Waals surface area (Å²) in [6.45, 7) is 6.23. The van der Waals surface area contributed by atoms with Gasteiger partial charge in [-0.05, 0) is 12.1 Å². The summed E-state index contributed by atoms with van der Waals surface area (Å²) in [6, 6.07) is 4.95. The molecule has 2 aromatic rings. The fourth-order valence-electron chi connectivity index (χ4n) is 1.41. The minimum Gasteiger partial charge on any atom is -0.384 e. The minimum atomic E-state index is -0.304. The fraction of sp³-hybridized carbons (Fsp3) is 0.308. The van der Waals surface area contributed by atoms with Gasteiger partial charge in [-0.2, -0.15) is 0 Å². The molecule has 0 spiro atoms. The first kappa shape index (κ1) is 13.5. The summed E-state index contributed by atoms with van der Waals surface area (Å²) < 4.78 is 0. The number of carbonyl (C=O) groups excluding carboxylic acids is 1. The fourth-order valence-corrected chi connectivity index (χ4v) is 2.35. The highest BCUT2D eigenvalue weighted by Gasteiger charge is 2.18. The van der Waals surface area contributed by atoms with Gasteiger partial charge in [-0.15, -0.1) is 11.3 Å². The van der Waals surface area contributed by atoms with E-state index in [2.05, 4.69) is 36.1 Å². The van der Waals surface area contributed by atoms with E-state index in [-0.39, 0.29) is 17.0 Å². The van der Waals surface area contributed by atoms with Gasteiger partial charge in [0.1, 0.15) is 11.5 Å². The zero-order chi connectivity index (χ0) is 14.0. The second-order valence-corrected chi connectivity index (χ2v) is 6.05. The van der Waals surface area contributed by atoms with Gasteiger partial charge in [-0.1, -0.05) is 26.8 Å². The summed E-state index contributed by atoms with van der Waals surface area (Å²) in [5.74, 6) is 0.0179. The molecule has 2 aromatic heterocycles. The Bertz CT molecular complexity index is 601. The normalized spacial score (nSPS) is 11.3. The third-order valence-corrected chi connectivity index (χ3v) is 3.25. The molecule has 0 radical (unpaired) electrons. The predicted octanol–water partition coefficient (Wildman–Crippen LogP) is 2.67. The van der Waals surface area contributed by atoms with Crippen LogP contribution < -0.4 is 11.1 Å². The van der Waals surface area contributed by atoms with Crippen molar-refractivity contribution in [2.75, 3.05) is 11.1 Å². The number of carbonyl (C=O) groups is 1. The molecular weight excluding hydrogens is 260 g/mol. The van der Waals surface area contributed by atoms with E-state index in [1.165, 1.54) is 11.3 Å². The lowest BCUT2D eigenvalue weighted by molar-refractivity contribution is 0.102. The van der Waals surface area contributed by atoms with Crippen molar-refractivity contribution in [3.8, 4) is 0 Å². The number of amides is 1. The SMILES string of the molecule is CC(C)(C)c1csc(NC(=O)c2cccc(N)n2)n1. The van der Waals surface area contributed by atoms with Gasteiger partial charge in [0.05, 0.1) is 5.69 Å². The number of nitrogens with one attached hydrogen (secondary N) is 1. The summed E-state index contributed by atoms with van der Waals surface area (Å²) in [6.07, 6.45) is 0. The summed E-state index contributed by atoms with van der Waals surface area (Å²) in [5.41, 5.74) is 6.75. The van der Waals surface area contributed by atoms with E-state index in [0.29, 0.717) is 10.9 Å². The van der Waals surface area contributed by atoms with E-state index in [1.807, 2.05) is 5.38 Å². The molecule has 1 amide bonds. The number of hydrogen-bond donors (Lipinski definition) is 2. The second-order valence-electron chi connectivity index (χ2n) is 5.19. The smallest absolute Gasteiger partial charge is 0.276 e. The van der Waals surface area contributed by atoms with Gasteiger partial charge in [0.15, 0.2) is 5.13 Å². The molecule has 19 heavy (non-hydrogen) atoms. The lowest BCUT2D eigenvalue weighted by Crippen LogP contribution is -2.15. The monoisotopic (exact) mass is 276 g/mol. The van der Waals surface area contributed by atoms with Crippen molar-refractivity contribution in [1.29, 1.82) is 0 Å². The predicted molar refractivity (Wildman–Crippen MR) is 77.4 cm³/mol. The van der Waals surface area contributed by atoms with E-state index in [4.69, 9.17) is 5.73 Å². The maximum absolute atomic E-state index is 12.0. The molecule has 5 nitrogen and oxygen atoms in total. The number of anilines is 2. The van der Waals surface area contributed by atoms with Crippen molar-refractivity contribution >= 4 is 28.2 Å². The lowest BCUT2D eigenvalue weighted by Gasteiger charge is -2.14. The highest BCUT2D eigenvalue weighted by atomic mass is 32.1. The van der Waals surface area contributed by atoms with Crippen LogP contribution in [-0.2, 0) is 5.41 Å². The van der Waals surface area contributed by atoms with Crippen molar-refractivity contribution in [1.82, 2.24) is 9.97 Å². The molecule has 0 fully saturated rings. The van der Waals surface area contributed by atoms with E-state index in [1.54, 1.807) is 18.2 Å². The van der Waals surface area contributed by atoms with Gasteiger partial charge in [0, 0.05) is 10.8 Å². The van der Waals surface area contributed by atoms with Crippen molar-refractivity contribution in [3.63, 3.8) is 0 Å². The van der Waals surface area contributed by atoms with E-state index >= 15 is 0 Å². The Kier molecular flexibility index (Phi) is 3.53. The average Bonchev–Trinajstić information content (AvgIpc) is 2.77. The molecule has 0 bridgehead atoms. The minimum absolute atomic E-state index is 0.0328. The number of nitrogens with zero attached hydrogens (tertiary/aromatic N) is 2. The number of nitrogen functional groups attached to an aromatic ring is 1. The Morgan fingerprint density at radius 3 is 2.63 bits per heavy atom. The van der Waals surface area contributed by atoms with Gasteiger partial charge in [-0.3, -0.25) is 10.1 Å². The number of thiazole rings is 1. The molecule has 0 aliphatic carbocycles. The zero-order valence-electron chi connectivity index (χ0n) is 11.1. The van der Waals surface area contributed by atoms with Gasteiger partial charge in [0.2, 0.25) is 0 Å². The molecule has 0 atom stereocenters. The van der Waals surface area contributed by atoms with Crippen molar-refractivity contribution < 1.29 is 4.79 Å². The molecule has 0 unspecified atom stereocenters. The highest BCUT2D eigenvalue weighted by Crippen LogP contribution is 2.26.